The summed E-state index contributed by atoms with van der Waals surface area (Å²) < 4.78 is 0. The quantitative estimate of drug-likeness (QED) is 0.170. The Morgan fingerprint density at radius 2 is 0.442 bits per heavy atom. The van der Waals surface area contributed by atoms with Crippen LogP contribution in [0.2, 0.25) is 0 Å². The lowest BCUT2D eigenvalue weighted by molar-refractivity contribution is 0.265. The van der Waals surface area contributed by atoms with Crippen LogP contribution in [0, 0.1) is 0 Å². The molecule has 0 spiro atoms. The van der Waals surface area contributed by atoms with Crippen LogP contribution >= 0.6 is 0 Å². The molecule has 2 aromatic heterocycles. The molecule has 4 aliphatic heterocycles. The van der Waals surface area contributed by atoms with Crippen molar-refractivity contribution in [1.29, 1.82) is 0 Å². The van der Waals surface area contributed by atoms with Crippen LogP contribution in [-0.2, 0) is 78.5 Å². The van der Waals surface area contributed by atoms with Crippen LogP contribution in [0.5, 0.6) is 0 Å². The molecule has 0 radical (unpaired) electrons. The largest absolute Gasteiger partial charge is 0.287 e. The molecule has 0 saturated carbocycles. The highest BCUT2D eigenvalue weighted by atomic mass is 15.2. The molecule has 0 aliphatic carbocycles. The van der Waals surface area contributed by atoms with E-state index in [0.717, 1.165) is 78.5 Å². The van der Waals surface area contributed by atoms with E-state index in [1.165, 1.54) is 67.8 Å². The smallest absolute Gasteiger partial charge is 0.0776 e. The fourth-order valence-corrected chi connectivity index (χ4v) is 7.91. The maximum Gasteiger partial charge on any atom is 0.0776 e. The van der Waals surface area contributed by atoms with Crippen LogP contribution in [0.1, 0.15) is 67.8 Å². The van der Waals surface area contributed by atoms with Crippen molar-refractivity contribution < 1.29 is 0 Å². The molecule has 0 saturated heterocycles. The Morgan fingerprint density at radius 1 is 0.269 bits per heavy atom. The zero-order valence-corrected chi connectivity index (χ0v) is 29.6. The molecule has 10 rings (SSSR count). The first kappa shape index (κ1) is 32.8. The van der Waals surface area contributed by atoms with Gasteiger partial charge in [0.1, 0.15) is 0 Å². The van der Waals surface area contributed by atoms with Gasteiger partial charge in [-0.2, -0.15) is 0 Å². The van der Waals surface area contributed by atoms with Crippen molar-refractivity contribution in [3.63, 3.8) is 0 Å². The van der Waals surface area contributed by atoms with Crippen LogP contribution in [0.25, 0.3) is 0 Å². The minimum absolute atomic E-state index is 0.906. The SMILES string of the molecule is c1ccc(CN2Cc3nc4c(nc3C2)CN(Cc2ccccc2)C4)cc1.c1ccc(CN2Cc3nc4c(nc3C2)CN(Cc2ccccc2)C4)cc1. The lowest BCUT2D eigenvalue weighted by Gasteiger charge is -2.14. The summed E-state index contributed by atoms with van der Waals surface area (Å²) in [6, 6.07) is 42.6. The topological polar surface area (TPSA) is 64.5 Å². The lowest BCUT2D eigenvalue weighted by Crippen LogP contribution is -2.16. The molecule has 0 unspecified atom stereocenters. The molecule has 0 amide bonds. The molecule has 4 aromatic carbocycles. The van der Waals surface area contributed by atoms with E-state index in [0.29, 0.717) is 0 Å². The molecule has 8 heteroatoms. The molecule has 0 N–H and O–H groups in total. The van der Waals surface area contributed by atoms with Crippen molar-refractivity contribution in [2.45, 2.75) is 78.5 Å². The third kappa shape index (κ3) is 7.56. The first-order valence-electron chi connectivity index (χ1n) is 18.5. The fraction of sp³-hybridized carbons (Fsp3) is 0.273. The molecule has 0 atom stereocenters. The normalized spacial score (nSPS) is 16.6. The van der Waals surface area contributed by atoms with Crippen LogP contribution in [-0.4, -0.2) is 39.5 Å². The first-order valence-corrected chi connectivity index (χ1v) is 18.5. The Balaban J connectivity index is 0.000000138. The summed E-state index contributed by atoms with van der Waals surface area (Å²) in [6.45, 7) is 11.1. The minimum Gasteiger partial charge on any atom is -0.287 e. The lowest BCUT2D eigenvalue weighted by atomic mass is 10.2. The average Bonchev–Trinajstić information content (AvgIpc) is 3.95. The van der Waals surface area contributed by atoms with Gasteiger partial charge in [-0.05, 0) is 22.3 Å². The van der Waals surface area contributed by atoms with Gasteiger partial charge in [-0.15, -0.1) is 0 Å². The highest BCUT2D eigenvalue weighted by Crippen LogP contribution is 2.29. The van der Waals surface area contributed by atoms with E-state index in [4.69, 9.17) is 19.9 Å². The van der Waals surface area contributed by atoms with Gasteiger partial charge in [0.05, 0.1) is 45.6 Å². The molecule has 0 bridgehead atoms. The molecular weight excluding hydrogens is 641 g/mol. The van der Waals surface area contributed by atoms with E-state index >= 15 is 0 Å². The van der Waals surface area contributed by atoms with E-state index < -0.39 is 0 Å². The summed E-state index contributed by atoms with van der Waals surface area (Å²) in [6.07, 6.45) is 0. The summed E-state index contributed by atoms with van der Waals surface area (Å²) in [7, 11) is 0. The van der Waals surface area contributed by atoms with E-state index in [-0.39, 0.29) is 0 Å². The number of rotatable bonds is 8. The second kappa shape index (κ2) is 14.9. The molecule has 0 fully saturated rings. The van der Waals surface area contributed by atoms with Gasteiger partial charge in [-0.1, -0.05) is 121 Å². The van der Waals surface area contributed by atoms with Gasteiger partial charge in [0.25, 0.3) is 0 Å². The molecular formula is C44H44N8. The third-order valence-corrected chi connectivity index (χ3v) is 10.4. The molecule has 52 heavy (non-hydrogen) atoms. The van der Waals surface area contributed by atoms with Crippen LogP contribution in [0.3, 0.4) is 0 Å². The van der Waals surface area contributed by atoms with Crippen molar-refractivity contribution in [2.75, 3.05) is 0 Å². The number of nitrogens with zero attached hydrogens (tertiary/aromatic N) is 8. The summed E-state index contributed by atoms with van der Waals surface area (Å²) in [4.78, 5) is 29.6. The Bertz CT molecular complexity index is 1760. The van der Waals surface area contributed by atoms with E-state index in [2.05, 4.69) is 141 Å². The molecule has 6 heterocycles. The van der Waals surface area contributed by atoms with Crippen molar-refractivity contribution in [3.8, 4) is 0 Å². The third-order valence-electron chi connectivity index (χ3n) is 10.4. The highest BCUT2D eigenvalue weighted by Gasteiger charge is 2.30. The van der Waals surface area contributed by atoms with Gasteiger partial charge >= 0.3 is 0 Å². The summed E-state index contributed by atoms with van der Waals surface area (Å²) in [5, 5.41) is 0. The molecule has 6 aromatic rings. The second-order valence-electron chi connectivity index (χ2n) is 14.5. The van der Waals surface area contributed by atoms with E-state index in [1.54, 1.807) is 0 Å². The maximum atomic E-state index is 4.97. The highest BCUT2D eigenvalue weighted by molar-refractivity contribution is 5.29. The van der Waals surface area contributed by atoms with Crippen molar-refractivity contribution in [1.82, 2.24) is 39.5 Å². The molecule has 260 valence electrons. The van der Waals surface area contributed by atoms with Gasteiger partial charge in [-0.3, -0.25) is 39.5 Å². The van der Waals surface area contributed by atoms with Gasteiger partial charge in [0.2, 0.25) is 0 Å². The summed E-state index contributed by atoms with van der Waals surface area (Å²) in [5.74, 6) is 0. The Hall–Kier alpha value is -5.12. The first-order chi connectivity index (χ1) is 25.7. The Labute approximate surface area is 306 Å². The number of fused-ring (bicyclic) bond motifs is 4. The van der Waals surface area contributed by atoms with Crippen molar-refractivity contribution in [3.05, 3.63) is 189 Å². The minimum atomic E-state index is 0.906. The number of benzene rings is 4. The Morgan fingerprint density at radius 3 is 0.615 bits per heavy atom. The fourth-order valence-electron chi connectivity index (χ4n) is 7.91. The van der Waals surface area contributed by atoms with Crippen LogP contribution < -0.4 is 0 Å². The predicted molar refractivity (Wildman–Crippen MR) is 202 cm³/mol. The number of hydrogen-bond donors (Lipinski definition) is 0. The molecule has 8 nitrogen and oxygen atoms in total. The summed E-state index contributed by atoms with van der Waals surface area (Å²) in [5.41, 5.74) is 14.7. The van der Waals surface area contributed by atoms with Gasteiger partial charge in [0.15, 0.2) is 0 Å². The summed E-state index contributed by atoms with van der Waals surface area (Å²) >= 11 is 0. The van der Waals surface area contributed by atoms with Crippen LogP contribution in [0.4, 0.5) is 0 Å². The zero-order valence-electron chi connectivity index (χ0n) is 29.6. The Kier molecular flexibility index (Phi) is 9.36. The monoisotopic (exact) mass is 684 g/mol. The van der Waals surface area contributed by atoms with E-state index in [9.17, 15) is 0 Å². The van der Waals surface area contributed by atoms with Crippen molar-refractivity contribution in [2.24, 2.45) is 0 Å². The van der Waals surface area contributed by atoms with E-state index in [1.807, 2.05) is 0 Å². The van der Waals surface area contributed by atoms with Crippen LogP contribution in [0.15, 0.2) is 121 Å². The maximum absolute atomic E-state index is 4.97. The zero-order chi connectivity index (χ0) is 34.7. The standard InChI is InChI=1S/2C22H22N4/c2*1-3-7-17(8-4-1)11-25-13-19-20(14-25)24-22-16-26(15-21(22)23-19)12-18-9-5-2-6-10-18/h2*1-10H,11-16H2. The molecule has 4 aliphatic rings. The van der Waals surface area contributed by atoms with Gasteiger partial charge in [0, 0.05) is 78.5 Å². The number of hydrogen-bond acceptors (Lipinski definition) is 8. The van der Waals surface area contributed by atoms with Gasteiger partial charge in [-0.25, -0.2) is 0 Å². The average molecular weight is 685 g/mol. The number of aromatic nitrogens is 4. The van der Waals surface area contributed by atoms with Gasteiger partial charge < -0.3 is 0 Å². The second-order valence-corrected chi connectivity index (χ2v) is 14.5. The predicted octanol–water partition coefficient (Wildman–Crippen LogP) is 7.02. The van der Waals surface area contributed by atoms with Crippen molar-refractivity contribution >= 4 is 0 Å².